The molecule has 0 aromatic heterocycles. The second-order valence-electron chi connectivity index (χ2n) is 4.66. The standard InChI is InChI=1S/C14H28O2.H4N2/c1-2-3-4-5-6-7-8-9-10-11-12-13-14(15)16;1-2/h2-13H2,1H3,(H,15,16);1-2H2. The maximum absolute atomic E-state index is 10.1. The summed E-state index contributed by atoms with van der Waals surface area (Å²) in [7, 11) is 0. The van der Waals surface area contributed by atoms with Gasteiger partial charge in [-0.2, -0.15) is 5.84 Å². The summed E-state index contributed by atoms with van der Waals surface area (Å²) in [4.78, 5) is 10.1. The molecule has 18 heavy (non-hydrogen) atoms. The lowest BCUT2D eigenvalue weighted by molar-refractivity contribution is -0.379. The van der Waals surface area contributed by atoms with E-state index in [1.807, 2.05) is 0 Å². The van der Waals surface area contributed by atoms with Gasteiger partial charge in [0.25, 0.3) is 0 Å². The second kappa shape index (κ2) is 18.7. The van der Waals surface area contributed by atoms with Gasteiger partial charge < -0.3 is 9.90 Å². The van der Waals surface area contributed by atoms with Crippen molar-refractivity contribution in [2.45, 2.75) is 84.0 Å². The Morgan fingerprint density at radius 3 is 1.50 bits per heavy atom. The van der Waals surface area contributed by atoms with Crippen LogP contribution in [0.3, 0.4) is 0 Å². The van der Waals surface area contributed by atoms with Crippen LogP contribution >= 0.6 is 0 Å². The molecule has 0 radical (unpaired) electrons. The molecule has 0 rings (SSSR count). The molecule has 4 heteroatoms. The number of carbonyl (C=O) groups excluding carboxylic acids is 1. The van der Waals surface area contributed by atoms with Crippen molar-refractivity contribution in [3.8, 4) is 0 Å². The van der Waals surface area contributed by atoms with E-state index in [1.54, 1.807) is 0 Å². The molecule has 0 aromatic rings. The monoisotopic (exact) mass is 260 g/mol. The largest absolute Gasteiger partial charge is 0.550 e. The molecular formula is C14H32N2O2. The first-order valence-corrected chi connectivity index (χ1v) is 7.38. The number of carboxylic acids is 1. The number of rotatable bonds is 12. The summed E-state index contributed by atoms with van der Waals surface area (Å²) in [6.45, 7) is 2.24. The van der Waals surface area contributed by atoms with Gasteiger partial charge in [-0.05, 0) is 12.8 Å². The van der Waals surface area contributed by atoms with Gasteiger partial charge in [0.1, 0.15) is 0 Å². The number of nitrogens with two attached hydrogens (primary N) is 1. The maximum atomic E-state index is 10.1. The van der Waals surface area contributed by atoms with Crippen LogP contribution in [0.4, 0.5) is 0 Å². The molecule has 4 nitrogen and oxygen atoms in total. The summed E-state index contributed by atoms with van der Waals surface area (Å²) in [5.74, 6) is 6.09. The zero-order valence-electron chi connectivity index (χ0n) is 12.1. The summed E-state index contributed by atoms with van der Waals surface area (Å²) >= 11 is 0. The van der Waals surface area contributed by atoms with E-state index in [4.69, 9.17) is 0 Å². The van der Waals surface area contributed by atoms with Crippen molar-refractivity contribution >= 4 is 5.97 Å². The van der Waals surface area contributed by atoms with Gasteiger partial charge in [0, 0.05) is 5.97 Å². The van der Waals surface area contributed by atoms with E-state index in [1.165, 1.54) is 57.8 Å². The molecule has 0 heterocycles. The Labute approximate surface area is 112 Å². The smallest absolute Gasteiger partial charge is 0.0414 e. The van der Waals surface area contributed by atoms with Crippen LogP contribution in [0.25, 0.3) is 0 Å². The van der Waals surface area contributed by atoms with E-state index in [9.17, 15) is 9.90 Å². The third-order valence-corrected chi connectivity index (χ3v) is 2.98. The summed E-state index contributed by atoms with van der Waals surface area (Å²) in [6.07, 6.45) is 14.0. The molecule has 0 unspecified atom stereocenters. The Bertz CT molecular complexity index is 164. The molecule has 0 aliphatic rings. The number of carboxylic acid groups (broad SMARTS) is 1. The topological polar surface area (TPSA) is 93.8 Å². The minimum absolute atomic E-state index is 0.233. The van der Waals surface area contributed by atoms with Crippen molar-refractivity contribution in [3.05, 3.63) is 0 Å². The Morgan fingerprint density at radius 2 is 1.17 bits per heavy atom. The first-order valence-electron chi connectivity index (χ1n) is 7.38. The van der Waals surface area contributed by atoms with E-state index < -0.39 is 5.97 Å². The molecule has 0 aromatic carbocycles. The average Bonchev–Trinajstić information content (AvgIpc) is 2.38. The Hall–Kier alpha value is -0.610. The first kappa shape index (κ1) is 19.7. The predicted molar refractivity (Wildman–Crippen MR) is 73.2 cm³/mol. The average molecular weight is 260 g/mol. The molecule has 0 aliphatic carbocycles. The first-order chi connectivity index (χ1) is 8.77. The minimum Gasteiger partial charge on any atom is -0.550 e. The zero-order valence-corrected chi connectivity index (χ0v) is 12.1. The lowest BCUT2D eigenvalue weighted by atomic mass is 10.1. The van der Waals surface area contributed by atoms with Crippen molar-refractivity contribution in [2.24, 2.45) is 5.84 Å². The Balaban J connectivity index is 0. The molecule has 110 valence electrons. The van der Waals surface area contributed by atoms with Gasteiger partial charge >= 0.3 is 0 Å². The zero-order chi connectivity index (χ0) is 14.1. The van der Waals surface area contributed by atoms with Crippen molar-refractivity contribution in [1.82, 2.24) is 0 Å². The molecular weight excluding hydrogens is 228 g/mol. The third-order valence-electron chi connectivity index (χ3n) is 2.98. The van der Waals surface area contributed by atoms with E-state index in [0.717, 1.165) is 12.8 Å². The van der Waals surface area contributed by atoms with Gasteiger partial charge in [-0.15, -0.1) is 0 Å². The highest BCUT2D eigenvalue weighted by Gasteiger charge is 1.93. The molecule has 0 amide bonds. The Kier molecular flexibility index (Phi) is 20.5. The van der Waals surface area contributed by atoms with Gasteiger partial charge in [0.2, 0.25) is 0 Å². The minimum atomic E-state index is -0.907. The van der Waals surface area contributed by atoms with Crippen LogP contribution in [-0.2, 0) is 4.79 Å². The van der Waals surface area contributed by atoms with Crippen LogP contribution < -0.4 is 16.8 Å². The molecule has 0 fully saturated rings. The molecule has 0 spiro atoms. The number of carbonyl (C=O) groups is 1. The molecule has 0 aliphatic heterocycles. The SMILES string of the molecule is CCCCCCCCCCCCCC(=O)[O-].N[NH3+]. The molecule has 5 N–H and O–H groups in total. The predicted octanol–water partition coefficient (Wildman–Crippen LogP) is 1.54. The summed E-state index contributed by atoms with van der Waals surface area (Å²) in [5, 5.41) is 10.1. The summed E-state index contributed by atoms with van der Waals surface area (Å²) in [5.41, 5.74) is 0. The van der Waals surface area contributed by atoms with Crippen LogP contribution in [0.1, 0.15) is 84.0 Å². The maximum Gasteiger partial charge on any atom is 0.0414 e. The number of unbranched alkanes of at least 4 members (excludes halogenated alkanes) is 10. The number of aliphatic carboxylic acids is 1. The van der Waals surface area contributed by atoms with Gasteiger partial charge in [0.05, 0.1) is 0 Å². The van der Waals surface area contributed by atoms with Crippen molar-refractivity contribution in [1.29, 1.82) is 0 Å². The molecule has 0 atom stereocenters. The fraction of sp³-hybridized carbons (Fsp3) is 0.929. The van der Waals surface area contributed by atoms with Gasteiger partial charge in [0.15, 0.2) is 0 Å². The van der Waals surface area contributed by atoms with E-state index in [0.29, 0.717) is 0 Å². The lowest BCUT2D eigenvalue weighted by Crippen LogP contribution is -2.59. The highest BCUT2D eigenvalue weighted by atomic mass is 16.4. The molecule has 0 saturated carbocycles. The highest BCUT2D eigenvalue weighted by molar-refractivity contribution is 5.63. The summed E-state index contributed by atoms with van der Waals surface area (Å²) < 4.78 is 0. The van der Waals surface area contributed by atoms with E-state index in [-0.39, 0.29) is 6.42 Å². The van der Waals surface area contributed by atoms with Crippen LogP contribution in [0, 0.1) is 0 Å². The van der Waals surface area contributed by atoms with Crippen LogP contribution in [-0.4, -0.2) is 5.97 Å². The fourth-order valence-corrected chi connectivity index (χ4v) is 1.93. The molecule has 0 saturated heterocycles. The van der Waals surface area contributed by atoms with Gasteiger partial charge in [-0.25, -0.2) is 0 Å². The number of hydrogen-bond donors (Lipinski definition) is 2. The van der Waals surface area contributed by atoms with Crippen molar-refractivity contribution in [3.63, 3.8) is 0 Å². The van der Waals surface area contributed by atoms with Gasteiger partial charge in [-0.3, -0.25) is 5.84 Å². The number of quaternary nitrogens is 1. The number of hydrogen-bond acceptors (Lipinski definition) is 3. The van der Waals surface area contributed by atoms with Crippen LogP contribution in [0.5, 0.6) is 0 Å². The van der Waals surface area contributed by atoms with Crippen molar-refractivity contribution < 1.29 is 15.7 Å². The van der Waals surface area contributed by atoms with Gasteiger partial charge in [-0.1, -0.05) is 71.1 Å². The lowest BCUT2D eigenvalue weighted by Gasteiger charge is -2.03. The normalized spacial score (nSPS) is 9.72. The van der Waals surface area contributed by atoms with Crippen LogP contribution in [0.15, 0.2) is 0 Å². The summed E-state index contributed by atoms with van der Waals surface area (Å²) in [6, 6.07) is 0. The quantitative estimate of drug-likeness (QED) is 0.316. The van der Waals surface area contributed by atoms with Crippen molar-refractivity contribution in [2.75, 3.05) is 0 Å². The molecule has 0 bridgehead atoms. The highest BCUT2D eigenvalue weighted by Crippen LogP contribution is 2.11. The fourth-order valence-electron chi connectivity index (χ4n) is 1.93. The van der Waals surface area contributed by atoms with E-state index in [2.05, 4.69) is 18.6 Å². The second-order valence-corrected chi connectivity index (χ2v) is 4.66. The van der Waals surface area contributed by atoms with E-state index >= 15 is 0 Å². The van der Waals surface area contributed by atoms with Crippen LogP contribution in [0.2, 0.25) is 0 Å². The third kappa shape index (κ3) is 20.8. The Morgan fingerprint density at radius 1 is 0.833 bits per heavy atom.